The van der Waals surface area contributed by atoms with Gasteiger partial charge in [-0.2, -0.15) is 13.8 Å². The first-order chi connectivity index (χ1) is 9.56. The van der Waals surface area contributed by atoms with Gasteiger partial charge in [-0.1, -0.05) is 18.2 Å². The minimum absolute atomic E-state index is 0.0758. The van der Waals surface area contributed by atoms with Gasteiger partial charge in [-0.05, 0) is 13.0 Å². The molecule has 1 atom stereocenters. The van der Waals surface area contributed by atoms with Crippen molar-refractivity contribution in [3.05, 3.63) is 36.2 Å². The quantitative estimate of drug-likeness (QED) is 0.874. The average molecular weight is 281 g/mol. The third-order valence-corrected chi connectivity index (χ3v) is 2.54. The van der Waals surface area contributed by atoms with Crippen LogP contribution in [0.25, 0.3) is 0 Å². The molecule has 20 heavy (non-hydrogen) atoms. The Hall–Kier alpha value is -2.51. The molecular formula is C12H13F2N5O. The Kier molecular flexibility index (Phi) is 4.24. The maximum absolute atomic E-state index is 12.4. The fourth-order valence-electron chi connectivity index (χ4n) is 1.69. The van der Waals surface area contributed by atoms with Crippen molar-refractivity contribution in [1.82, 2.24) is 15.0 Å². The van der Waals surface area contributed by atoms with Crippen LogP contribution in [0.5, 0.6) is 5.75 Å². The third-order valence-electron chi connectivity index (χ3n) is 2.54. The highest BCUT2D eigenvalue weighted by atomic mass is 19.3. The minimum Gasteiger partial charge on any atom is -0.434 e. The number of aromatic nitrogens is 3. The van der Waals surface area contributed by atoms with Crippen molar-refractivity contribution < 1.29 is 13.5 Å². The van der Waals surface area contributed by atoms with E-state index in [9.17, 15) is 8.78 Å². The van der Waals surface area contributed by atoms with Crippen LogP contribution in [-0.2, 0) is 0 Å². The molecular weight excluding hydrogens is 268 g/mol. The summed E-state index contributed by atoms with van der Waals surface area (Å²) < 4.78 is 29.2. The van der Waals surface area contributed by atoms with Gasteiger partial charge in [0.2, 0.25) is 11.9 Å². The number of benzene rings is 1. The molecule has 0 amide bonds. The number of rotatable bonds is 5. The Morgan fingerprint density at radius 2 is 2.00 bits per heavy atom. The first kappa shape index (κ1) is 13.9. The molecule has 0 saturated heterocycles. The van der Waals surface area contributed by atoms with Crippen LogP contribution >= 0.6 is 0 Å². The lowest BCUT2D eigenvalue weighted by Crippen LogP contribution is -2.13. The van der Waals surface area contributed by atoms with Crippen molar-refractivity contribution in [3.8, 4) is 5.75 Å². The molecule has 0 spiro atoms. The molecule has 6 nitrogen and oxygen atoms in total. The third kappa shape index (κ3) is 3.50. The topological polar surface area (TPSA) is 86.0 Å². The van der Waals surface area contributed by atoms with E-state index in [2.05, 4.69) is 25.0 Å². The highest BCUT2D eigenvalue weighted by Gasteiger charge is 2.15. The van der Waals surface area contributed by atoms with E-state index in [0.717, 1.165) is 0 Å². The highest BCUT2D eigenvalue weighted by Crippen LogP contribution is 2.27. The summed E-state index contributed by atoms with van der Waals surface area (Å²) in [6.45, 7) is -1.11. The van der Waals surface area contributed by atoms with Gasteiger partial charge in [-0.25, -0.2) is 9.97 Å². The fraction of sp³-hybridized carbons (Fsp3) is 0.250. The second-order valence-electron chi connectivity index (χ2n) is 3.95. The number of ether oxygens (including phenoxy) is 1. The molecule has 0 aliphatic heterocycles. The molecule has 0 radical (unpaired) electrons. The molecule has 0 aliphatic carbocycles. The smallest absolute Gasteiger partial charge is 0.387 e. The standard InChI is InChI=1S/C12H13F2N5O/c1-7(18-12-17-6-16-11(15)19-12)8-4-2-3-5-9(8)20-10(13)14/h2-7,10H,1H3,(H3,15,16,17,18,19). The number of hydrogen-bond acceptors (Lipinski definition) is 6. The van der Waals surface area contributed by atoms with E-state index in [1.54, 1.807) is 25.1 Å². The summed E-state index contributed by atoms with van der Waals surface area (Å²) in [4.78, 5) is 11.4. The van der Waals surface area contributed by atoms with Crippen molar-refractivity contribution in [2.45, 2.75) is 19.6 Å². The molecule has 0 bridgehead atoms. The maximum Gasteiger partial charge on any atom is 0.387 e. The highest BCUT2D eigenvalue weighted by molar-refractivity contribution is 5.41. The van der Waals surface area contributed by atoms with Gasteiger partial charge in [-0.15, -0.1) is 0 Å². The van der Waals surface area contributed by atoms with Crippen LogP contribution < -0.4 is 15.8 Å². The maximum atomic E-state index is 12.4. The lowest BCUT2D eigenvalue weighted by Gasteiger charge is -2.17. The van der Waals surface area contributed by atoms with Gasteiger partial charge in [0, 0.05) is 5.56 Å². The van der Waals surface area contributed by atoms with Crippen LogP contribution in [0.3, 0.4) is 0 Å². The largest absolute Gasteiger partial charge is 0.434 e. The molecule has 0 aliphatic rings. The van der Waals surface area contributed by atoms with E-state index in [0.29, 0.717) is 5.56 Å². The SMILES string of the molecule is CC(Nc1ncnc(N)n1)c1ccccc1OC(F)F. The number of nitrogens with two attached hydrogens (primary N) is 1. The number of nitrogens with one attached hydrogen (secondary N) is 1. The number of halogens is 2. The molecule has 0 fully saturated rings. The van der Waals surface area contributed by atoms with E-state index in [1.807, 2.05) is 0 Å². The molecule has 8 heteroatoms. The molecule has 1 heterocycles. The van der Waals surface area contributed by atoms with E-state index >= 15 is 0 Å². The zero-order chi connectivity index (χ0) is 14.5. The van der Waals surface area contributed by atoms with Gasteiger partial charge in [0.15, 0.2) is 0 Å². The summed E-state index contributed by atoms with van der Waals surface area (Å²) in [7, 11) is 0. The summed E-state index contributed by atoms with van der Waals surface area (Å²) in [5.41, 5.74) is 6.00. The Morgan fingerprint density at radius 3 is 2.70 bits per heavy atom. The van der Waals surface area contributed by atoms with Crippen molar-refractivity contribution >= 4 is 11.9 Å². The minimum atomic E-state index is -2.88. The van der Waals surface area contributed by atoms with Crippen LogP contribution in [0.15, 0.2) is 30.6 Å². The van der Waals surface area contributed by atoms with Crippen molar-refractivity contribution in [3.63, 3.8) is 0 Å². The number of hydrogen-bond donors (Lipinski definition) is 2. The van der Waals surface area contributed by atoms with Gasteiger partial charge in [-0.3, -0.25) is 0 Å². The van der Waals surface area contributed by atoms with Crippen LogP contribution in [0.4, 0.5) is 20.7 Å². The summed E-state index contributed by atoms with van der Waals surface area (Å²) in [6.07, 6.45) is 1.26. The summed E-state index contributed by atoms with van der Waals surface area (Å²) in [6, 6.07) is 6.16. The Bertz CT molecular complexity index is 581. The number of nitrogen functional groups attached to an aromatic ring is 1. The monoisotopic (exact) mass is 281 g/mol. The van der Waals surface area contributed by atoms with E-state index in [-0.39, 0.29) is 23.7 Å². The Labute approximate surface area is 114 Å². The predicted octanol–water partition coefficient (Wildman–Crippen LogP) is 2.23. The average Bonchev–Trinajstić information content (AvgIpc) is 2.38. The summed E-state index contributed by atoms with van der Waals surface area (Å²) in [5.74, 6) is 0.438. The molecule has 1 aromatic heterocycles. The van der Waals surface area contributed by atoms with Crippen molar-refractivity contribution in [2.24, 2.45) is 0 Å². The second-order valence-corrected chi connectivity index (χ2v) is 3.95. The number of anilines is 2. The van der Waals surface area contributed by atoms with Crippen LogP contribution in [-0.4, -0.2) is 21.6 Å². The molecule has 1 aromatic carbocycles. The number of para-hydroxylation sites is 1. The van der Waals surface area contributed by atoms with Gasteiger partial charge < -0.3 is 15.8 Å². The van der Waals surface area contributed by atoms with Crippen LogP contribution in [0.1, 0.15) is 18.5 Å². The fourth-order valence-corrected chi connectivity index (χ4v) is 1.69. The summed E-state index contributed by atoms with van der Waals surface area (Å²) >= 11 is 0. The first-order valence-electron chi connectivity index (χ1n) is 5.81. The van der Waals surface area contributed by atoms with Gasteiger partial charge >= 0.3 is 6.61 Å². The van der Waals surface area contributed by atoms with E-state index < -0.39 is 6.61 Å². The molecule has 106 valence electrons. The van der Waals surface area contributed by atoms with Crippen molar-refractivity contribution in [2.75, 3.05) is 11.1 Å². The predicted molar refractivity (Wildman–Crippen MR) is 69.4 cm³/mol. The molecule has 1 unspecified atom stereocenters. The number of nitrogens with zero attached hydrogens (tertiary/aromatic N) is 3. The summed E-state index contributed by atoms with van der Waals surface area (Å²) in [5, 5.41) is 2.95. The Morgan fingerprint density at radius 1 is 1.25 bits per heavy atom. The normalized spacial score (nSPS) is 12.2. The number of alkyl halides is 2. The van der Waals surface area contributed by atoms with Gasteiger partial charge in [0.05, 0.1) is 6.04 Å². The van der Waals surface area contributed by atoms with E-state index in [4.69, 9.17) is 5.73 Å². The van der Waals surface area contributed by atoms with E-state index in [1.165, 1.54) is 12.4 Å². The molecule has 2 rings (SSSR count). The Balaban J connectivity index is 2.18. The lowest BCUT2D eigenvalue weighted by atomic mass is 10.1. The lowest BCUT2D eigenvalue weighted by molar-refractivity contribution is -0.0505. The van der Waals surface area contributed by atoms with Crippen molar-refractivity contribution in [1.29, 1.82) is 0 Å². The molecule has 2 aromatic rings. The molecule has 0 saturated carbocycles. The second kappa shape index (κ2) is 6.09. The van der Waals surface area contributed by atoms with Crippen LogP contribution in [0, 0.1) is 0 Å². The zero-order valence-corrected chi connectivity index (χ0v) is 10.6. The van der Waals surface area contributed by atoms with Crippen LogP contribution in [0.2, 0.25) is 0 Å². The van der Waals surface area contributed by atoms with Gasteiger partial charge in [0.25, 0.3) is 0 Å². The molecule has 3 N–H and O–H groups in total. The van der Waals surface area contributed by atoms with Gasteiger partial charge in [0.1, 0.15) is 12.1 Å². The first-order valence-corrected chi connectivity index (χ1v) is 5.81. The zero-order valence-electron chi connectivity index (χ0n) is 10.6.